The minimum Gasteiger partial charge on any atom is -0.298 e. The van der Waals surface area contributed by atoms with E-state index in [1.165, 1.54) is 17.4 Å². The summed E-state index contributed by atoms with van der Waals surface area (Å²) in [4.78, 5) is 35.1. The summed E-state index contributed by atoms with van der Waals surface area (Å²) >= 11 is 7.39. The second-order valence-corrected chi connectivity index (χ2v) is 8.48. The molecule has 3 aromatic rings. The van der Waals surface area contributed by atoms with Gasteiger partial charge >= 0.3 is 0 Å². The predicted octanol–water partition coefficient (Wildman–Crippen LogP) is 4.79. The highest BCUT2D eigenvalue weighted by atomic mass is 35.5. The maximum Gasteiger partial charge on any atom is 0.153 e. The quantitative estimate of drug-likeness (QED) is 0.576. The molecule has 4 nitrogen and oxygen atoms in total. The van der Waals surface area contributed by atoms with E-state index in [4.69, 9.17) is 11.6 Å². The second kappa shape index (κ2) is 7.53. The van der Waals surface area contributed by atoms with E-state index in [2.05, 4.69) is 9.97 Å². The van der Waals surface area contributed by atoms with Gasteiger partial charge in [-0.25, -0.2) is 9.37 Å². The number of rotatable bonds is 4. The van der Waals surface area contributed by atoms with Crippen LogP contribution in [0.15, 0.2) is 42.6 Å². The van der Waals surface area contributed by atoms with Crippen molar-refractivity contribution in [2.45, 2.75) is 25.7 Å². The number of ketones is 2. The molecule has 4 rings (SSSR count). The number of pyridine rings is 1. The molecule has 2 heterocycles. The molecular formula is C21H16ClFN2O2S. The van der Waals surface area contributed by atoms with E-state index in [0.29, 0.717) is 22.8 Å². The Labute approximate surface area is 170 Å². The van der Waals surface area contributed by atoms with Crippen LogP contribution in [0.3, 0.4) is 0 Å². The molecule has 28 heavy (non-hydrogen) atoms. The number of aryl methyl sites for hydroxylation is 1. The summed E-state index contributed by atoms with van der Waals surface area (Å²) in [6.07, 6.45) is 1.61. The van der Waals surface area contributed by atoms with Crippen LogP contribution in [-0.4, -0.2) is 21.5 Å². The van der Waals surface area contributed by atoms with Crippen LogP contribution in [0.2, 0.25) is 5.02 Å². The van der Waals surface area contributed by atoms with Crippen molar-refractivity contribution in [3.63, 3.8) is 0 Å². The van der Waals surface area contributed by atoms with Crippen molar-refractivity contribution < 1.29 is 14.0 Å². The van der Waals surface area contributed by atoms with E-state index in [1.54, 1.807) is 18.2 Å². The lowest BCUT2D eigenvalue weighted by atomic mass is 9.95. The van der Waals surface area contributed by atoms with Crippen LogP contribution in [0.4, 0.5) is 4.39 Å². The van der Waals surface area contributed by atoms with Crippen LogP contribution < -0.4 is 0 Å². The second-order valence-electron chi connectivity index (χ2n) is 6.84. The molecule has 2 unspecified atom stereocenters. The number of benzene rings is 1. The Hall–Kier alpha value is -2.44. The monoisotopic (exact) mass is 414 g/mol. The number of hydrogen-bond donors (Lipinski definition) is 0. The van der Waals surface area contributed by atoms with Crippen molar-refractivity contribution >= 4 is 34.5 Å². The summed E-state index contributed by atoms with van der Waals surface area (Å²) in [5.41, 5.74) is 2.04. The molecule has 1 fully saturated rings. The maximum atomic E-state index is 13.0. The van der Waals surface area contributed by atoms with Crippen LogP contribution in [0, 0.1) is 18.7 Å². The van der Waals surface area contributed by atoms with E-state index in [1.807, 2.05) is 19.1 Å². The maximum absolute atomic E-state index is 13.0. The minimum absolute atomic E-state index is 0.117. The fourth-order valence-corrected chi connectivity index (χ4v) is 4.57. The van der Waals surface area contributed by atoms with Gasteiger partial charge in [-0.3, -0.25) is 14.6 Å². The molecule has 0 spiro atoms. The van der Waals surface area contributed by atoms with Gasteiger partial charge in [0.15, 0.2) is 5.78 Å². The Morgan fingerprint density at radius 3 is 2.61 bits per heavy atom. The number of hydrogen-bond acceptors (Lipinski definition) is 5. The molecule has 0 radical (unpaired) electrons. The van der Waals surface area contributed by atoms with Gasteiger partial charge in [0.2, 0.25) is 0 Å². The van der Waals surface area contributed by atoms with Crippen molar-refractivity contribution in [1.29, 1.82) is 0 Å². The summed E-state index contributed by atoms with van der Waals surface area (Å²) < 4.78 is 13.0. The molecule has 1 aliphatic carbocycles. The molecule has 0 saturated heterocycles. The molecule has 0 aliphatic heterocycles. The lowest BCUT2D eigenvalue weighted by Crippen LogP contribution is -2.18. The molecule has 1 aromatic carbocycles. The van der Waals surface area contributed by atoms with E-state index in [9.17, 15) is 14.0 Å². The highest BCUT2D eigenvalue weighted by Gasteiger charge is 2.44. The Balaban J connectivity index is 1.59. The SMILES string of the molecule is Cc1sc(-c2ccc(Cl)cc2)nc1C1C(=O)CC(Cc2ccc(F)cn2)C1=O. The van der Waals surface area contributed by atoms with Gasteiger partial charge in [0.25, 0.3) is 0 Å². The zero-order valence-corrected chi connectivity index (χ0v) is 16.6. The van der Waals surface area contributed by atoms with Gasteiger partial charge in [-0.1, -0.05) is 23.7 Å². The third kappa shape index (κ3) is 3.62. The van der Waals surface area contributed by atoms with Gasteiger partial charge in [0.05, 0.1) is 11.9 Å². The summed E-state index contributed by atoms with van der Waals surface area (Å²) in [5, 5.41) is 1.39. The van der Waals surface area contributed by atoms with Crippen molar-refractivity contribution in [3.05, 3.63) is 69.7 Å². The fraction of sp³-hybridized carbons (Fsp3) is 0.238. The largest absolute Gasteiger partial charge is 0.298 e. The topological polar surface area (TPSA) is 59.9 Å². The number of carbonyl (C=O) groups excluding carboxylic acids is 2. The molecule has 0 N–H and O–H groups in total. The third-order valence-electron chi connectivity index (χ3n) is 4.90. The first-order chi connectivity index (χ1) is 13.4. The normalized spacial score (nSPS) is 19.4. The van der Waals surface area contributed by atoms with Crippen LogP contribution >= 0.6 is 22.9 Å². The van der Waals surface area contributed by atoms with Crippen LogP contribution in [-0.2, 0) is 16.0 Å². The number of carbonyl (C=O) groups is 2. The number of nitrogens with zero attached hydrogens (tertiary/aromatic N) is 2. The summed E-state index contributed by atoms with van der Waals surface area (Å²) in [5.74, 6) is -1.96. The lowest BCUT2D eigenvalue weighted by Gasteiger charge is -2.08. The van der Waals surface area contributed by atoms with E-state index < -0.39 is 17.7 Å². The van der Waals surface area contributed by atoms with Crippen molar-refractivity contribution in [2.24, 2.45) is 5.92 Å². The molecule has 1 saturated carbocycles. The third-order valence-corrected chi connectivity index (χ3v) is 6.19. The zero-order chi connectivity index (χ0) is 19.8. The van der Waals surface area contributed by atoms with Gasteiger partial charge in [-0.2, -0.15) is 0 Å². The molecule has 2 atom stereocenters. The molecular weight excluding hydrogens is 399 g/mol. The first-order valence-electron chi connectivity index (χ1n) is 8.82. The standard InChI is InChI=1S/C21H16ClFN2O2S/c1-11-19(25-21(28-11)12-2-4-14(22)5-3-12)18-17(26)9-13(20(18)27)8-16-7-6-15(23)10-24-16/h2-7,10,13,18H,8-9H2,1H3. The van der Waals surface area contributed by atoms with Crippen LogP contribution in [0.1, 0.15) is 28.6 Å². The number of Topliss-reactive ketones (excluding diaryl/α,β-unsaturated/α-hetero) is 2. The number of thiazole rings is 1. The average Bonchev–Trinajstić information content (AvgIpc) is 3.17. The number of aromatic nitrogens is 2. The molecule has 1 aliphatic rings. The summed E-state index contributed by atoms with van der Waals surface area (Å²) in [7, 11) is 0. The highest BCUT2D eigenvalue weighted by molar-refractivity contribution is 7.15. The first kappa shape index (κ1) is 18.9. The molecule has 0 amide bonds. The van der Waals surface area contributed by atoms with Gasteiger partial charge in [0.1, 0.15) is 22.5 Å². The highest BCUT2D eigenvalue weighted by Crippen LogP contribution is 2.38. The van der Waals surface area contributed by atoms with Gasteiger partial charge in [-0.05, 0) is 37.6 Å². The molecule has 7 heteroatoms. The predicted molar refractivity (Wildman–Crippen MR) is 106 cm³/mol. The first-order valence-corrected chi connectivity index (χ1v) is 10.0. The van der Waals surface area contributed by atoms with Gasteiger partial charge in [0, 0.05) is 33.5 Å². The Bertz CT molecular complexity index is 1050. The van der Waals surface area contributed by atoms with Crippen molar-refractivity contribution in [3.8, 4) is 10.6 Å². The van der Waals surface area contributed by atoms with Crippen LogP contribution in [0.25, 0.3) is 10.6 Å². The molecule has 0 bridgehead atoms. The Morgan fingerprint density at radius 2 is 1.93 bits per heavy atom. The van der Waals surface area contributed by atoms with Crippen molar-refractivity contribution in [1.82, 2.24) is 9.97 Å². The average molecular weight is 415 g/mol. The van der Waals surface area contributed by atoms with E-state index >= 15 is 0 Å². The van der Waals surface area contributed by atoms with Crippen molar-refractivity contribution in [2.75, 3.05) is 0 Å². The fourth-order valence-electron chi connectivity index (χ4n) is 3.49. The zero-order valence-electron chi connectivity index (χ0n) is 15.0. The van der Waals surface area contributed by atoms with Gasteiger partial charge < -0.3 is 0 Å². The summed E-state index contributed by atoms with van der Waals surface area (Å²) in [6.45, 7) is 1.88. The lowest BCUT2D eigenvalue weighted by molar-refractivity contribution is -0.124. The minimum atomic E-state index is -0.831. The smallest absolute Gasteiger partial charge is 0.153 e. The Kier molecular flexibility index (Phi) is 5.08. The van der Waals surface area contributed by atoms with Gasteiger partial charge in [-0.15, -0.1) is 11.3 Å². The van der Waals surface area contributed by atoms with E-state index in [-0.39, 0.29) is 18.0 Å². The number of halogens is 2. The Morgan fingerprint density at radius 1 is 1.18 bits per heavy atom. The molecule has 2 aromatic heterocycles. The van der Waals surface area contributed by atoms with Crippen LogP contribution in [0.5, 0.6) is 0 Å². The van der Waals surface area contributed by atoms with E-state index in [0.717, 1.165) is 21.6 Å². The molecule has 142 valence electrons. The summed E-state index contributed by atoms with van der Waals surface area (Å²) in [6, 6.07) is 10.2.